The summed E-state index contributed by atoms with van der Waals surface area (Å²) in [6, 6.07) is 8.72. The van der Waals surface area contributed by atoms with E-state index in [9.17, 15) is 0 Å². The molecule has 114 valence electrons. The van der Waals surface area contributed by atoms with Gasteiger partial charge in [-0.25, -0.2) is 4.98 Å². The second kappa shape index (κ2) is 7.57. The van der Waals surface area contributed by atoms with E-state index in [1.165, 1.54) is 16.1 Å². The van der Waals surface area contributed by atoms with Crippen LogP contribution in [0.15, 0.2) is 24.3 Å². The van der Waals surface area contributed by atoms with Gasteiger partial charge in [0.05, 0.1) is 5.69 Å². The summed E-state index contributed by atoms with van der Waals surface area (Å²) < 4.78 is 0. The van der Waals surface area contributed by atoms with Gasteiger partial charge in [-0.05, 0) is 44.0 Å². The molecule has 0 fully saturated rings. The fourth-order valence-corrected chi connectivity index (χ4v) is 3.18. The van der Waals surface area contributed by atoms with E-state index in [0.29, 0.717) is 0 Å². The summed E-state index contributed by atoms with van der Waals surface area (Å²) in [5.41, 5.74) is 3.69. The smallest absolute Gasteiger partial charge is 0.190 e. The van der Waals surface area contributed by atoms with Gasteiger partial charge in [-0.2, -0.15) is 0 Å². The fourth-order valence-electron chi connectivity index (χ4n) is 2.16. The van der Waals surface area contributed by atoms with Crippen molar-refractivity contribution in [1.29, 1.82) is 0 Å². The topological polar surface area (TPSA) is 28.2 Å². The summed E-state index contributed by atoms with van der Waals surface area (Å²) in [5.74, 6) is 0. The lowest BCUT2D eigenvalue weighted by molar-refractivity contribution is 0.678. The van der Waals surface area contributed by atoms with E-state index in [1.54, 1.807) is 11.3 Å². The third kappa shape index (κ3) is 4.05. The molecule has 0 amide bonds. The van der Waals surface area contributed by atoms with E-state index >= 15 is 0 Å². The predicted octanol–water partition coefficient (Wildman–Crippen LogP) is 4.28. The molecule has 0 atom stereocenters. The minimum atomic E-state index is 0.917. The Bertz CT molecular complexity index is 560. The molecule has 0 radical (unpaired) electrons. The lowest BCUT2D eigenvalue weighted by atomic mass is 10.1. The van der Waals surface area contributed by atoms with Gasteiger partial charge in [0.25, 0.3) is 0 Å². The molecule has 0 spiro atoms. The van der Waals surface area contributed by atoms with Crippen molar-refractivity contribution >= 4 is 22.2 Å². The molecule has 0 saturated carbocycles. The van der Waals surface area contributed by atoms with Crippen molar-refractivity contribution in [1.82, 2.24) is 10.3 Å². The zero-order chi connectivity index (χ0) is 15.2. The van der Waals surface area contributed by atoms with Crippen LogP contribution >= 0.6 is 11.3 Å². The van der Waals surface area contributed by atoms with Crippen molar-refractivity contribution in [2.75, 3.05) is 18.5 Å². The molecule has 1 aromatic heterocycles. The average molecular weight is 303 g/mol. The number of nitrogens with one attached hydrogen (secondary N) is 1. The first-order valence-electron chi connectivity index (χ1n) is 7.65. The van der Waals surface area contributed by atoms with Crippen molar-refractivity contribution < 1.29 is 0 Å². The van der Waals surface area contributed by atoms with Crippen LogP contribution in [0.3, 0.4) is 0 Å². The minimum absolute atomic E-state index is 0.917. The van der Waals surface area contributed by atoms with Crippen molar-refractivity contribution in [2.24, 2.45) is 0 Å². The molecule has 0 aliphatic rings. The Hall–Kier alpha value is -1.39. The summed E-state index contributed by atoms with van der Waals surface area (Å²) in [6.07, 6.45) is 2.24. The van der Waals surface area contributed by atoms with Gasteiger partial charge in [-0.1, -0.05) is 37.3 Å². The van der Waals surface area contributed by atoms with Crippen molar-refractivity contribution in [3.8, 4) is 0 Å². The zero-order valence-corrected chi connectivity index (χ0v) is 14.3. The quantitative estimate of drug-likeness (QED) is 0.774. The number of hydrogen-bond acceptors (Lipinski definition) is 4. The van der Waals surface area contributed by atoms with Crippen LogP contribution < -0.4 is 10.2 Å². The summed E-state index contributed by atoms with van der Waals surface area (Å²) >= 11 is 1.78. The van der Waals surface area contributed by atoms with Gasteiger partial charge >= 0.3 is 0 Å². The molecule has 3 nitrogen and oxygen atoms in total. The molecule has 21 heavy (non-hydrogen) atoms. The Balaban J connectivity index is 2.11. The van der Waals surface area contributed by atoms with E-state index in [0.717, 1.165) is 36.8 Å². The molecule has 1 heterocycles. The first kappa shape index (κ1) is 16.0. The second-order valence-corrected chi connectivity index (χ2v) is 6.32. The highest BCUT2D eigenvalue weighted by Gasteiger charge is 2.12. The Morgan fingerprint density at radius 2 is 1.90 bits per heavy atom. The molecular weight excluding hydrogens is 278 g/mol. The number of hydrogen-bond donors (Lipinski definition) is 1. The number of aromatic nitrogens is 1. The predicted molar refractivity (Wildman–Crippen MR) is 92.7 cm³/mol. The maximum atomic E-state index is 4.71. The van der Waals surface area contributed by atoms with E-state index < -0.39 is 0 Å². The highest BCUT2D eigenvalue weighted by atomic mass is 32.1. The average Bonchev–Trinajstić information content (AvgIpc) is 2.88. The zero-order valence-electron chi connectivity index (χ0n) is 13.4. The number of aryl methyl sites for hydroxylation is 2. The highest BCUT2D eigenvalue weighted by molar-refractivity contribution is 7.15. The molecule has 0 bridgehead atoms. The molecule has 0 unspecified atom stereocenters. The maximum Gasteiger partial charge on any atom is 0.190 e. The molecule has 0 aliphatic heterocycles. The normalized spacial score (nSPS) is 10.9. The Kier molecular flexibility index (Phi) is 5.76. The molecule has 4 heteroatoms. The second-order valence-electron chi connectivity index (χ2n) is 5.26. The van der Waals surface area contributed by atoms with Gasteiger partial charge in [0.2, 0.25) is 0 Å². The first-order chi connectivity index (χ1) is 10.2. The van der Waals surface area contributed by atoms with Crippen LogP contribution in [0.25, 0.3) is 0 Å². The number of benzene rings is 1. The van der Waals surface area contributed by atoms with Crippen molar-refractivity contribution in [3.05, 3.63) is 40.4 Å². The fraction of sp³-hybridized carbons (Fsp3) is 0.471. The van der Waals surface area contributed by atoms with Crippen LogP contribution in [-0.2, 0) is 13.0 Å². The number of anilines is 2. The van der Waals surface area contributed by atoms with Gasteiger partial charge in [0.15, 0.2) is 5.13 Å². The summed E-state index contributed by atoms with van der Waals surface area (Å²) in [4.78, 5) is 8.21. The van der Waals surface area contributed by atoms with Crippen LogP contribution in [0.4, 0.5) is 10.8 Å². The highest BCUT2D eigenvalue weighted by Crippen LogP contribution is 2.30. The summed E-state index contributed by atoms with van der Waals surface area (Å²) in [7, 11) is 2.09. The maximum absolute atomic E-state index is 4.71. The van der Waals surface area contributed by atoms with Gasteiger partial charge in [-0.3, -0.25) is 0 Å². The Labute approximate surface area is 132 Å². The Morgan fingerprint density at radius 1 is 1.19 bits per heavy atom. The van der Waals surface area contributed by atoms with Gasteiger partial charge < -0.3 is 10.2 Å². The third-order valence-electron chi connectivity index (χ3n) is 3.61. The van der Waals surface area contributed by atoms with Gasteiger partial charge in [-0.15, -0.1) is 0 Å². The summed E-state index contributed by atoms with van der Waals surface area (Å²) in [6.45, 7) is 8.43. The summed E-state index contributed by atoms with van der Waals surface area (Å²) in [5, 5.41) is 4.51. The molecule has 1 aromatic carbocycles. The van der Waals surface area contributed by atoms with Crippen LogP contribution in [0, 0.1) is 6.92 Å². The monoisotopic (exact) mass is 303 g/mol. The van der Waals surface area contributed by atoms with E-state index in [1.807, 2.05) is 0 Å². The van der Waals surface area contributed by atoms with Gasteiger partial charge in [0, 0.05) is 24.2 Å². The first-order valence-corrected chi connectivity index (χ1v) is 8.47. The van der Waals surface area contributed by atoms with Crippen molar-refractivity contribution in [2.45, 2.75) is 40.2 Å². The minimum Gasteiger partial charge on any atom is -0.321 e. The third-order valence-corrected chi connectivity index (χ3v) is 4.85. The van der Waals surface area contributed by atoms with Crippen LogP contribution in [0.2, 0.25) is 0 Å². The number of nitrogens with zero attached hydrogens (tertiary/aromatic N) is 2. The standard InChI is InChI=1S/C17H25N3S/c1-5-11-18-12-16-13(3)19-17(21-16)20(4)15-9-7-14(6-2)8-10-15/h7-10,18H,5-6,11-12H2,1-4H3. The molecular formula is C17H25N3S. The SMILES string of the molecule is CCCNCc1sc(N(C)c2ccc(CC)cc2)nc1C. The molecule has 2 rings (SSSR count). The van der Waals surface area contributed by atoms with E-state index in [2.05, 4.69) is 62.3 Å². The number of rotatable bonds is 7. The largest absolute Gasteiger partial charge is 0.321 e. The number of thiazole rings is 1. The molecule has 0 aliphatic carbocycles. The Morgan fingerprint density at radius 3 is 2.52 bits per heavy atom. The lowest BCUT2D eigenvalue weighted by Gasteiger charge is -2.16. The molecule has 0 saturated heterocycles. The van der Waals surface area contributed by atoms with E-state index in [4.69, 9.17) is 4.98 Å². The lowest BCUT2D eigenvalue weighted by Crippen LogP contribution is -2.13. The van der Waals surface area contributed by atoms with Crippen LogP contribution in [0.1, 0.15) is 36.4 Å². The molecule has 1 N–H and O–H groups in total. The molecule has 2 aromatic rings. The van der Waals surface area contributed by atoms with E-state index in [-0.39, 0.29) is 0 Å². The van der Waals surface area contributed by atoms with Crippen LogP contribution in [0.5, 0.6) is 0 Å². The van der Waals surface area contributed by atoms with Crippen LogP contribution in [-0.4, -0.2) is 18.6 Å². The van der Waals surface area contributed by atoms with Gasteiger partial charge in [0.1, 0.15) is 0 Å². The van der Waals surface area contributed by atoms with Crippen molar-refractivity contribution in [3.63, 3.8) is 0 Å².